The van der Waals surface area contributed by atoms with Crippen LogP contribution in [0.2, 0.25) is 0 Å². The number of imidazole rings is 1. The predicted molar refractivity (Wildman–Crippen MR) is 94.8 cm³/mol. The van der Waals surface area contributed by atoms with E-state index in [2.05, 4.69) is 16.0 Å². The number of nitrogens with one attached hydrogen (secondary N) is 1. The molecule has 24 heavy (non-hydrogen) atoms. The summed E-state index contributed by atoms with van der Waals surface area (Å²) in [6, 6.07) is 9.89. The molecule has 5 heteroatoms. The van der Waals surface area contributed by atoms with Gasteiger partial charge in [0.05, 0.1) is 17.9 Å². The number of aromatic nitrogens is 4. The molecule has 0 aliphatic heterocycles. The second kappa shape index (κ2) is 6.07. The van der Waals surface area contributed by atoms with Crippen molar-refractivity contribution in [1.82, 2.24) is 19.5 Å². The molecule has 0 amide bonds. The fraction of sp³-hybridized carbons (Fsp3) is 0.316. The topological polar surface area (TPSA) is 63.6 Å². The van der Waals surface area contributed by atoms with Crippen LogP contribution in [0.1, 0.15) is 49.9 Å². The molecule has 0 spiro atoms. The molecule has 0 unspecified atom stereocenters. The summed E-state index contributed by atoms with van der Waals surface area (Å²) in [5, 5.41) is 0. The third-order valence-electron chi connectivity index (χ3n) is 4.72. The van der Waals surface area contributed by atoms with E-state index in [1.54, 1.807) is 10.8 Å². The molecule has 1 aromatic carbocycles. The Kier molecular flexibility index (Phi) is 3.76. The zero-order valence-electron chi connectivity index (χ0n) is 13.7. The molecule has 1 aliphatic carbocycles. The number of hydrogen-bond donors (Lipinski definition) is 1. The highest BCUT2D eigenvalue weighted by molar-refractivity contribution is 5.71. The van der Waals surface area contributed by atoms with Crippen molar-refractivity contribution in [3.05, 3.63) is 64.3 Å². The van der Waals surface area contributed by atoms with E-state index in [1.165, 1.54) is 18.4 Å². The average Bonchev–Trinajstić information content (AvgIpc) is 2.97. The minimum Gasteiger partial charge on any atom is -0.289 e. The van der Waals surface area contributed by atoms with Gasteiger partial charge in [-0.1, -0.05) is 36.4 Å². The number of aromatic amines is 1. The Morgan fingerprint density at radius 1 is 1.21 bits per heavy atom. The third kappa shape index (κ3) is 2.56. The van der Waals surface area contributed by atoms with Gasteiger partial charge < -0.3 is 0 Å². The first-order chi connectivity index (χ1) is 11.7. The van der Waals surface area contributed by atoms with Crippen molar-refractivity contribution in [3.8, 4) is 0 Å². The minimum absolute atomic E-state index is 0.0997. The molecule has 0 saturated heterocycles. The predicted octanol–water partition coefficient (Wildman–Crippen LogP) is 3.69. The highest BCUT2D eigenvalue weighted by Gasteiger charge is 2.18. The molecule has 2 aromatic heterocycles. The van der Waals surface area contributed by atoms with E-state index in [-0.39, 0.29) is 11.7 Å². The molecule has 1 atom stereocenters. The standard InChI is InChI=1S/C19H20N4O/c1-13(14-8-4-2-5-9-14)23-18-17(22-19(23)24)20-12-16(21-18)15-10-6-3-7-11-15/h2,4-5,8-10,12-13H,3,6-7,11H2,1H3,(H,20,22,24)/t13-/m0/s1. The molecule has 0 fully saturated rings. The van der Waals surface area contributed by atoms with Gasteiger partial charge in [-0.2, -0.15) is 0 Å². The Morgan fingerprint density at radius 2 is 2.04 bits per heavy atom. The zero-order valence-corrected chi connectivity index (χ0v) is 13.7. The van der Waals surface area contributed by atoms with Gasteiger partial charge in [0.1, 0.15) is 0 Å². The van der Waals surface area contributed by atoms with Crippen molar-refractivity contribution in [2.75, 3.05) is 0 Å². The molecule has 3 aromatic rings. The quantitative estimate of drug-likeness (QED) is 0.800. The molecule has 0 saturated carbocycles. The van der Waals surface area contributed by atoms with Crippen LogP contribution in [0.3, 0.4) is 0 Å². The molecule has 1 N–H and O–H groups in total. The smallest absolute Gasteiger partial charge is 0.289 e. The van der Waals surface area contributed by atoms with Gasteiger partial charge in [0, 0.05) is 0 Å². The number of allylic oxidation sites excluding steroid dienone is 2. The maximum atomic E-state index is 12.5. The summed E-state index contributed by atoms with van der Waals surface area (Å²) in [5.74, 6) is 0. The maximum absolute atomic E-state index is 12.5. The second-order valence-electron chi connectivity index (χ2n) is 6.29. The van der Waals surface area contributed by atoms with Crippen LogP contribution in [-0.2, 0) is 0 Å². The van der Waals surface area contributed by atoms with Crippen LogP contribution in [0.4, 0.5) is 0 Å². The van der Waals surface area contributed by atoms with Gasteiger partial charge >= 0.3 is 5.69 Å². The Bertz CT molecular complexity index is 952. The van der Waals surface area contributed by atoms with Crippen molar-refractivity contribution in [2.24, 2.45) is 0 Å². The van der Waals surface area contributed by atoms with Gasteiger partial charge in [-0.25, -0.2) is 14.8 Å². The van der Waals surface area contributed by atoms with E-state index < -0.39 is 0 Å². The molecular weight excluding hydrogens is 300 g/mol. The van der Waals surface area contributed by atoms with Gasteiger partial charge in [0.25, 0.3) is 0 Å². The highest BCUT2D eigenvalue weighted by Crippen LogP contribution is 2.26. The Balaban J connectivity index is 1.84. The maximum Gasteiger partial charge on any atom is 0.329 e. The SMILES string of the molecule is C[C@@H](c1ccccc1)n1c(=O)[nH]c2ncc(C3=CCCCC3)nc21. The summed E-state index contributed by atoms with van der Waals surface area (Å²) >= 11 is 0. The van der Waals surface area contributed by atoms with E-state index in [0.29, 0.717) is 11.3 Å². The number of H-pyrrole nitrogens is 1. The number of benzene rings is 1. The first kappa shape index (κ1) is 14.9. The second-order valence-corrected chi connectivity index (χ2v) is 6.29. The lowest BCUT2D eigenvalue weighted by molar-refractivity contribution is 0.630. The third-order valence-corrected chi connectivity index (χ3v) is 4.72. The molecule has 122 valence electrons. The van der Waals surface area contributed by atoms with Gasteiger partial charge in [-0.05, 0) is 43.7 Å². The lowest BCUT2D eigenvalue weighted by Gasteiger charge is -2.15. The van der Waals surface area contributed by atoms with E-state index in [0.717, 1.165) is 24.1 Å². The van der Waals surface area contributed by atoms with Crippen LogP contribution >= 0.6 is 0 Å². The van der Waals surface area contributed by atoms with Crippen molar-refractivity contribution in [3.63, 3.8) is 0 Å². The molecule has 1 aliphatic rings. The van der Waals surface area contributed by atoms with Gasteiger partial charge in [-0.15, -0.1) is 0 Å². The van der Waals surface area contributed by atoms with Crippen LogP contribution in [0.25, 0.3) is 16.9 Å². The first-order valence-corrected chi connectivity index (χ1v) is 8.45. The van der Waals surface area contributed by atoms with Crippen molar-refractivity contribution < 1.29 is 0 Å². The van der Waals surface area contributed by atoms with Gasteiger partial charge in [0.15, 0.2) is 11.3 Å². The van der Waals surface area contributed by atoms with Gasteiger partial charge in [0.2, 0.25) is 0 Å². The lowest BCUT2D eigenvalue weighted by Crippen LogP contribution is -2.21. The fourth-order valence-corrected chi connectivity index (χ4v) is 3.36. The fourth-order valence-electron chi connectivity index (χ4n) is 3.36. The molecular formula is C19H20N4O. The van der Waals surface area contributed by atoms with Gasteiger partial charge in [-0.3, -0.25) is 9.55 Å². The normalized spacial score (nSPS) is 16.1. The summed E-state index contributed by atoms with van der Waals surface area (Å²) in [6.07, 6.45) is 8.56. The summed E-state index contributed by atoms with van der Waals surface area (Å²) < 4.78 is 1.70. The van der Waals surface area contributed by atoms with Crippen LogP contribution in [0.15, 0.2) is 47.4 Å². The van der Waals surface area contributed by atoms with E-state index in [1.807, 2.05) is 37.3 Å². The average molecular weight is 320 g/mol. The Hall–Kier alpha value is -2.69. The number of rotatable bonds is 3. The molecule has 0 radical (unpaired) electrons. The summed E-state index contributed by atoms with van der Waals surface area (Å²) in [7, 11) is 0. The van der Waals surface area contributed by atoms with Crippen LogP contribution in [0, 0.1) is 0 Å². The highest BCUT2D eigenvalue weighted by atomic mass is 16.1. The molecule has 2 heterocycles. The summed E-state index contributed by atoms with van der Waals surface area (Å²) in [5.41, 5.74) is 4.20. The number of nitrogens with zero attached hydrogens (tertiary/aromatic N) is 3. The molecule has 4 rings (SSSR count). The zero-order chi connectivity index (χ0) is 16.5. The summed E-state index contributed by atoms with van der Waals surface area (Å²) in [4.78, 5) is 24.5. The first-order valence-electron chi connectivity index (χ1n) is 8.45. The van der Waals surface area contributed by atoms with E-state index in [4.69, 9.17) is 4.98 Å². The molecule has 5 nitrogen and oxygen atoms in total. The van der Waals surface area contributed by atoms with Crippen molar-refractivity contribution >= 4 is 16.9 Å². The van der Waals surface area contributed by atoms with Crippen LogP contribution < -0.4 is 5.69 Å². The van der Waals surface area contributed by atoms with E-state index in [9.17, 15) is 4.79 Å². The Labute approximate surface area is 140 Å². The molecule has 0 bridgehead atoms. The number of hydrogen-bond acceptors (Lipinski definition) is 3. The van der Waals surface area contributed by atoms with Crippen molar-refractivity contribution in [1.29, 1.82) is 0 Å². The Morgan fingerprint density at radius 3 is 2.79 bits per heavy atom. The summed E-state index contributed by atoms with van der Waals surface area (Å²) in [6.45, 7) is 2.01. The monoisotopic (exact) mass is 320 g/mol. The van der Waals surface area contributed by atoms with Crippen LogP contribution in [-0.4, -0.2) is 19.5 Å². The van der Waals surface area contributed by atoms with E-state index >= 15 is 0 Å². The minimum atomic E-state index is -0.170. The lowest BCUT2D eigenvalue weighted by atomic mass is 9.97. The van der Waals surface area contributed by atoms with Crippen LogP contribution in [0.5, 0.6) is 0 Å². The van der Waals surface area contributed by atoms with Crippen molar-refractivity contribution in [2.45, 2.75) is 38.6 Å². The number of fused-ring (bicyclic) bond motifs is 1. The largest absolute Gasteiger partial charge is 0.329 e.